The van der Waals surface area contributed by atoms with Crippen molar-refractivity contribution in [3.05, 3.63) is 134 Å². The molecule has 0 spiro atoms. The minimum atomic E-state index is -0.810. The highest BCUT2D eigenvalue weighted by Gasteiger charge is 2.19. The minimum absolute atomic E-state index is 0.105. The summed E-state index contributed by atoms with van der Waals surface area (Å²) in [6.07, 6.45) is 78.9. The Morgan fingerprint density at radius 2 is 0.580 bits per heavy atom. The normalized spacial score (nSPS) is 13.1. The van der Waals surface area contributed by atoms with Crippen LogP contribution >= 0.6 is 0 Å². The van der Waals surface area contributed by atoms with Crippen molar-refractivity contribution in [2.45, 2.75) is 232 Å². The Bertz CT molecular complexity index is 1510. The maximum Gasteiger partial charge on any atom is 0.306 e. The topological polar surface area (TPSA) is 78.9 Å². The number of ether oxygens (including phenoxy) is 3. The lowest BCUT2D eigenvalue weighted by Gasteiger charge is -2.18. The number of carbonyl (C=O) groups is 3. The van der Waals surface area contributed by atoms with Crippen molar-refractivity contribution < 1.29 is 28.6 Å². The summed E-state index contributed by atoms with van der Waals surface area (Å²) in [6, 6.07) is 0. The molecule has 0 saturated heterocycles. The number of hydrogen-bond donors (Lipinski definition) is 0. The van der Waals surface area contributed by atoms with Crippen molar-refractivity contribution >= 4 is 17.9 Å². The van der Waals surface area contributed by atoms with Crippen molar-refractivity contribution in [2.24, 2.45) is 0 Å². The van der Waals surface area contributed by atoms with Crippen LogP contribution in [0.2, 0.25) is 0 Å². The molecule has 6 nitrogen and oxygen atoms in total. The molecule has 0 amide bonds. The Morgan fingerprint density at radius 1 is 0.304 bits per heavy atom. The van der Waals surface area contributed by atoms with Gasteiger partial charge in [-0.05, 0) is 116 Å². The minimum Gasteiger partial charge on any atom is -0.462 e. The number of carbonyl (C=O) groups excluding carboxylic acids is 3. The van der Waals surface area contributed by atoms with Crippen molar-refractivity contribution in [1.29, 1.82) is 0 Å². The molecule has 0 N–H and O–H groups in total. The molecule has 0 rings (SSSR count). The molecule has 0 aromatic heterocycles. The summed E-state index contributed by atoms with van der Waals surface area (Å²) in [4.78, 5) is 37.8. The van der Waals surface area contributed by atoms with Crippen LogP contribution in [0, 0.1) is 0 Å². The maximum absolute atomic E-state index is 12.8. The zero-order valence-electron chi connectivity index (χ0n) is 44.3. The third-order valence-corrected chi connectivity index (χ3v) is 11.1. The van der Waals surface area contributed by atoms with Gasteiger partial charge in [0.15, 0.2) is 6.10 Å². The van der Waals surface area contributed by atoms with Crippen LogP contribution in [-0.2, 0) is 28.6 Å². The standard InChI is InChI=1S/C63H100O6/c1-4-7-10-13-16-18-20-22-24-25-26-27-28-29-30-31-32-33-34-35-36-37-39-40-42-44-47-50-53-56-62(65)68-59-60(58-67-61(64)55-52-49-46-15-12-9-6-3)69-63(66)57-54-51-48-45-43-41-38-23-21-19-17-14-11-8-5-2/h7,10,16-19,22-24,26-27,29-30,32-33,35-36,38-40,44,47,60H,4-6,8-9,11-15,20-21,25,28,31,34,37,41-43,45-46,48-59H2,1-3H3/b10-7-,18-16-,19-17-,24-22-,27-26-,30-29-,33-32-,36-35-,38-23-,40-39-,47-44-. The average Bonchev–Trinajstić information content (AvgIpc) is 3.35. The van der Waals surface area contributed by atoms with Crippen LogP contribution in [0.1, 0.15) is 226 Å². The number of rotatable bonds is 48. The van der Waals surface area contributed by atoms with Crippen molar-refractivity contribution in [2.75, 3.05) is 13.2 Å². The number of unbranched alkanes of at least 4 members (excludes halogenated alkanes) is 15. The van der Waals surface area contributed by atoms with Gasteiger partial charge in [-0.15, -0.1) is 0 Å². The van der Waals surface area contributed by atoms with Crippen LogP contribution in [0.15, 0.2) is 134 Å². The monoisotopic (exact) mass is 953 g/mol. The molecule has 0 fully saturated rings. The summed E-state index contributed by atoms with van der Waals surface area (Å²) in [7, 11) is 0. The van der Waals surface area contributed by atoms with E-state index >= 15 is 0 Å². The first-order valence-corrected chi connectivity index (χ1v) is 27.7. The highest BCUT2D eigenvalue weighted by atomic mass is 16.6. The third-order valence-electron chi connectivity index (χ3n) is 11.1. The van der Waals surface area contributed by atoms with Gasteiger partial charge in [0.05, 0.1) is 0 Å². The zero-order chi connectivity index (χ0) is 50.0. The molecule has 1 unspecified atom stereocenters. The second kappa shape index (κ2) is 56.1. The summed E-state index contributed by atoms with van der Waals surface area (Å²) >= 11 is 0. The molecule has 0 bridgehead atoms. The van der Waals surface area contributed by atoms with E-state index < -0.39 is 6.10 Å². The molecule has 0 aromatic rings. The van der Waals surface area contributed by atoms with Gasteiger partial charge in [0, 0.05) is 19.3 Å². The number of hydrogen-bond acceptors (Lipinski definition) is 6. The van der Waals surface area contributed by atoms with Gasteiger partial charge in [0.1, 0.15) is 13.2 Å². The third kappa shape index (κ3) is 54.4. The Balaban J connectivity index is 4.34. The smallest absolute Gasteiger partial charge is 0.306 e. The summed E-state index contributed by atoms with van der Waals surface area (Å²) in [5.41, 5.74) is 0. The molecule has 0 heterocycles. The fourth-order valence-electron chi connectivity index (χ4n) is 7.00. The van der Waals surface area contributed by atoms with Gasteiger partial charge in [-0.2, -0.15) is 0 Å². The van der Waals surface area contributed by atoms with E-state index in [-0.39, 0.29) is 37.5 Å². The summed E-state index contributed by atoms with van der Waals surface area (Å²) in [5, 5.41) is 0. The van der Waals surface area contributed by atoms with Crippen LogP contribution in [0.5, 0.6) is 0 Å². The zero-order valence-corrected chi connectivity index (χ0v) is 44.3. The van der Waals surface area contributed by atoms with Gasteiger partial charge in [-0.1, -0.05) is 225 Å². The van der Waals surface area contributed by atoms with E-state index in [0.29, 0.717) is 19.3 Å². The van der Waals surface area contributed by atoms with E-state index in [1.54, 1.807) is 0 Å². The first-order chi connectivity index (χ1) is 34.0. The Kier molecular flexibility index (Phi) is 52.5. The quantitative estimate of drug-likeness (QED) is 0.0262. The fraction of sp³-hybridized carbons (Fsp3) is 0.603. The predicted molar refractivity (Wildman–Crippen MR) is 297 cm³/mol. The molecular formula is C63H100O6. The second-order valence-corrected chi connectivity index (χ2v) is 17.8. The first kappa shape index (κ1) is 64.5. The van der Waals surface area contributed by atoms with Crippen molar-refractivity contribution in [1.82, 2.24) is 0 Å². The van der Waals surface area contributed by atoms with E-state index in [9.17, 15) is 14.4 Å². The summed E-state index contributed by atoms with van der Waals surface area (Å²) in [5.74, 6) is -0.996. The van der Waals surface area contributed by atoms with Gasteiger partial charge in [-0.3, -0.25) is 14.4 Å². The molecule has 0 radical (unpaired) electrons. The molecule has 0 aliphatic rings. The van der Waals surface area contributed by atoms with Crippen LogP contribution in [-0.4, -0.2) is 37.2 Å². The number of allylic oxidation sites excluding steroid dienone is 22. The molecule has 0 aliphatic heterocycles. The highest BCUT2D eigenvalue weighted by molar-refractivity contribution is 5.71. The maximum atomic E-state index is 12.8. The highest BCUT2D eigenvalue weighted by Crippen LogP contribution is 2.12. The second-order valence-electron chi connectivity index (χ2n) is 17.8. The van der Waals surface area contributed by atoms with Gasteiger partial charge in [0.2, 0.25) is 0 Å². The van der Waals surface area contributed by atoms with Gasteiger partial charge >= 0.3 is 17.9 Å². The Morgan fingerprint density at radius 3 is 0.971 bits per heavy atom. The molecule has 69 heavy (non-hydrogen) atoms. The summed E-state index contributed by atoms with van der Waals surface area (Å²) < 4.78 is 16.7. The predicted octanol–water partition coefficient (Wildman–Crippen LogP) is 18.6. The lowest BCUT2D eigenvalue weighted by molar-refractivity contribution is -0.167. The van der Waals surface area contributed by atoms with E-state index in [1.807, 2.05) is 0 Å². The Hall–Kier alpha value is -4.45. The molecule has 6 heteroatoms. The van der Waals surface area contributed by atoms with Crippen molar-refractivity contribution in [3.8, 4) is 0 Å². The van der Waals surface area contributed by atoms with E-state index in [2.05, 4.69) is 154 Å². The molecule has 0 aliphatic carbocycles. The first-order valence-electron chi connectivity index (χ1n) is 27.7. The Labute approximate surface area is 424 Å². The van der Waals surface area contributed by atoms with Gasteiger partial charge < -0.3 is 14.2 Å². The lowest BCUT2D eigenvalue weighted by atomic mass is 10.1. The van der Waals surface area contributed by atoms with Crippen LogP contribution in [0.3, 0.4) is 0 Å². The SMILES string of the molecule is CC/C=C\C/C=C\C/C=C\C/C=C\C/C=C\C/C=C\C/C=C\C/C=C\C/C=C\CCCC(=O)OCC(COC(=O)CCCCCCCCC)OC(=O)CCCCCCC/C=C\C/C=C\CCCCC. The molecular weight excluding hydrogens is 853 g/mol. The largest absolute Gasteiger partial charge is 0.462 e. The van der Waals surface area contributed by atoms with Gasteiger partial charge in [0.25, 0.3) is 0 Å². The molecule has 0 saturated carbocycles. The molecule has 388 valence electrons. The lowest BCUT2D eigenvalue weighted by Crippen LogP contribution is -2.30. The average molecular weight is 953 g/mol. The van der Waals surface area contributed by atoms with E-state index in [0.717, 1.165) is 128 Å². The van der Waals surface area contributed by atoms with Crippen LogP contribution in [0.4, 0.5) is 0 Å². The van der Waals surface area contributed by atoms with Gasteiger partial charge in [-0.25, -0.2) is 0 Å². The summed E-state index contributed by atoms with van der Waals surface area (Å²) in [6.45, 7) is 6.37. The molecule has 0 aromatic carbocycles. The molecule has 1 atom stereocenters. The fourth-order valence-corrected chi connectivity index (χ4v) is 7.00. The van der Waals surface area contributed by atoms with E-state index in [1.165, 1.54) is 51.4 Å². The van der Waals surface area contributed by atoms with Crippen LogP contribution in [0.25, 0.3) is 0 Å². The number of esters is 3. The van der Waals surface area contributed by atoms with E-state index in [4.69, 9.17) is 14.2 Å². The van der Waals surface area contributed by atoms with Crippen LogP contribution < -0.4 is 0 Å². The van der Waals surface area contributed by atoms with Crippen molar-refractivity contribution in [3.63, 3.8) is 0 Å².